The molecule has 0 aromatic heterocycles. The van der Waals surface area contributed by atoms with Gasteiger partial charge < -0.3 is 15.7 Å². The van der Waals surface area contributed by atoms with Crippen LogP contribution in [0.3, 0.4) is 0 Å². The lowest BCUT2D eigenvalue weighted by atomic mass is 10.00. The number of anilines is 1. The van der Waals surface area contributed by atoms with Crippen LogP contribution in [0.4, 0.5) is 5.69 Å². The Morgan fingerprint density at radius 2 is 2.12 bits per heavy atom. The maximum atomic E-state index is 8.93. The zero-order chi connectivity index (χ0) is 11.2. The van der Waals surface area contributed by atoms with Crippen molar-refractivity contribution in [1.29, 1.82) is 0 Å². The van der Waals surface area contributed by atoms with Crippen molar-refractivity contribution in [3.05, 3.63) is 29.8 Å². The van der Waals surface area contributed by atoms with Gasteiger partial charge in [0.05, 0.1) is 6.61 Å². The first kappa shape index (κ1) is 11.4. The van der Waals surface area contributed by atoms with Gasteiger partial charge in [-0.25, -0.2) is 0 Å². The van der Waals surface area contributed by atoms with E-state index in [0.717, 1.165) is 30.3 Å². The third kappa shape index (κ3) is 3.22. The van der Waals surface area contributed by atoms with Gasteiger partial charge in [0, 0.05) is 12.2 Å². The molecule has 0 aliphatic carbocycles. The third-order valence-corrected chi connectivity index (χ3v) is 3.13. The second-order valence-corrected chi connectivity index (χ2v) is 4.45. The third-order valence-electron chi connectivity index (χ3n) is 3.13. The Labute approximate surface area is 96.9 Å². The number of aliphatic hydroxyl groups is 1. The van der Waals surface area contributed by atoms with E-state index in [1.54, 1.807) is 0 Å². The smallest absolute Gasteiger partial charge is 0.0681 e. The van der Waals surface area contributed by atoms with E-state index in [0.29, 0.717) is 0 Å². The molecule has 1 aromatic carbocycles. The van der Waals surface area contributed by atoms with Crippen molar-refractivity contribution >= 4 is 5.69 Å². The van der Waals surface area contributed by atoms with Crippen molar-refractivity contribution in [1.82, 2.24) is 5.32 Å². The summed E-state index contributed by atoms with van der Waals surface area (Å²) < 4.78 is 0. The minimum Gasteiger partial charge on any atom is -0.392 e. The summed E-state index contributed by atoms with van der Waals surface area (Å²) in [5.41, 5.74) is 2.10. The highest BCUT2D eigenvalue weighted by molar-refractivity contribution is 5.44. The lowest BCUT2D eigenvalue weighted by Crippen LogP contribution is -2.33. The molecule has 0 saturated carbocycles. The summed E-state index contributed by atoms with van der Waals surface area (Å²) in [7, 11) is 0. The highest BCUT2D eigenvalue weighted by Crippen LogP contribution is 2.13. The molecule has 0 amide bonds. The Morgan fingerprint density at radius 1 is 1.31 bits per heavy atom. The van der Waals surface area contributed by atoms with Gasteiger partial charge in [-0.2, -0.15) is 0 Å². The van der Waals surface area contributed by atoms with Crippen molar-refractivity contribution in [2.45, 2.75) is 19.4 Å². The van der Waals surface area contributed by atoms with Crippen LogP contribution in [0.15, 0.2) is 24.3 Å². The quantitative estimate of drug-likeness (QED) is 0.722. The fourth-order valence-electron chi connectivity index (χ4n) is 2.09. The second kappa shape index (κ2) is 5.87. The average molecular weight is 220 g/mol. The van der Waals surface area contributed by atoms with Crippen LogP contribution in [0.25, 0.3) is 0 Å². The SMILES string of the molecule is OCc1ccc(NCC2CCCNC2)cc1. The van der Waals surface area contributed by atoms with Crippen molar-refractivity contribution in [2.24, 2.45) is 5.92 Å². The molecule has 88 valence electrons. The molecule has 1 fully saturated rings. The summed E-state index contributed by atoms with van der Waals surface area (Å²) in [4.78, 5) is 0. The van der Waals surface area contributed by atoms with Crippen LogP contribution in [0.2, 0.25) is 0 Å². The van der Waals surface area contributed by atoms with Crippen LogP contribution in [-0.2, 0) is 6.61 Å². The molecule has 1 atom stereocenters. The normalized spacial score (nSPS) is 20.7. The Morgan fingerprint density at radius 3 is 2.75 bits per heavy atom. The molecule has 1 aliphatic heterocycles. The summed E-state index contributed by atoms with van der Waals surface area (Å²) >= 11 is 0. The number of rotatable bonds is 4. The van der Waals surface area contributed by atoms with Gasteiger partial charge in [0.15, 0.2) is 0 Å². The average Bonchev–Trinajstić information content (AvgIpc) is 2.38. The first-order valence-corrected chi connectivity index (χ1v) is 6.03. The van der Waals surface area contributed by atoms with Gasteiger partial charge in [0.1, 0.15) is 0 Å². The lowest BCUT2D eigenvalue weighted by Gasteiger charge is -2.23. The molecule has 0 bridgehead atoms. The molecule has 3 nitrogen and oxygen atoms in total. The molecule has 1 heterocycles. The summed E-state index contributed by atoms with van der Waals surface area (Å²) in [6, 6.07) is 7.98. The van der Waals surface area contributed by atoms with E-state index in [2.05, 4.69) is 10.6 Å². The van der Waals surface area contributed by atoms with Crippen LogP contribution >= 0.6 is 0 Å². The van der Waals surface area contributed by atoms with Crippen molar-refractivity contribution < 1.29 is 5.11 Å². The van der Waals surface area contributed by atoms with Gasteiger partial charge in [0.2, 0.25) is 0 Å². The number of hydrogen-bond acceptors (Lipinski definition) is 3. The van der Waals surface area contributed by atoms with Crippen molar-refractivity contribution in [2.75, 3.05) is 25.0 Å². The Balaban J connectivity index is 1.79. The minimum absolute atomic E-state index is 0.118. The van der Waals surface area contributed by atoms with Crippen LogP contribution in [0.1, 0.15) is 18.4 Å². The fourth-order valence-corrected chi connectivity index (χ4v) is 2.09. The molecule has 1 aliphatic rings. The molecule has 2 rings (SSSR count). The Hall–Kier alpha value is -1.06. The molecular formula is C13H20N2O. The van der Waals surface area contributed by atoms with Gasteiger partial charge >= 0.3 is 0 Å². The summed E-state index contributed by atoms with van der Waals surface area (Å²) in [5, 5.41) is 15.8. The fraction of sp³-hybridized carbons (Fsp3) is 0.538. The lowest BCUT2D eigenvalue weighted by molar-refractivity contribution is 0.282. The summed E-state index contributed by atoms with van der Waals surface area (Å²) in [6.07, 6.45) is 2.60. The van der Waals surface area contributed by atoms with E-state index in [-0.39, 0.29) is 6.61 Å². The van der Waals surface area contributed by atoms with Crippen LogP contribution in [-0.4, -0.2) is 24.7 Å². The van der Waals surface area contributed by atoms with Crippen LogP contribution in [0, 0.1) is 5.92 Å². The van der Waals surface area contributed by atoms with Crippen molar-refractivity contribution in [3.63, 3.8) is 0 Å². The van der Waals surface area contributed by atoms with E-state index in [4.69, 9.17) is 5.11 Å². The number of hydrogen-bond donors (Lipinski definition) is 3. The highest BCUT2D eigenvalue weighted by Gasteiger charge is 2.11. The summed E-state index contributed by atoms with van der Waals surface area (Å²) in [5.74, 6) is 0.742. The van der Waals surface area contributed by atoms with E-state index in [1.807, 2.05) is 24.3 Å². The minimum atomic E-state index is 0.118. The van der Waals surface area contributed by atoms with Gasteiger partial charge in [-0.3, -0.25) is 0 Å². The van der Waals surface area contributed by atoms with Gasteiger partial charge in [-0.05, 0) is 49.5 Å². The van der Waals surface area contributed by atoms with E-state index in [9.17, 15) is 0 Å². The number of aliphatic hydroxyl groups excluding tert-OH is 1. The highest BCUT2D eigenvalue weighted by atomic mass is 16.3. The monoisotopic (exact) mass is 220 g/mol. The number of nitrogens with one attached hydrogen (secondary N) is 2. The second-order valence-electron chi connectivity index (χ2n) is 4.45. The van der Waals surface area contributed by atoms with Crippen LogP contribution < -0.4 is 10.6 Å². The molecule has 1 unspecified atom stereocenters. The largest absolute Gasteiger partial charge is 0.392 e. The van der Waals surface area contributed by atoms with Gasteiger partial charge in [0.25, 0.3) is 0 Å². The van der Waals surface area contributed by atoms with E-state index in [1.165, 1.54) is 19.4 Å². The molecule has 3 heteroatoms. The molecule has 0 radical (unpaired) electrons. The van der Waals surface area contributed by atoms with Gasteiger partial charge in [-0.15, -0.1) is 0 Å². The first-order chi connectivity index (χ1) is 7.88. The van der Waals surface area contributed by atoms with Gasteiger partial charge in [-0.1, -0.05) is 12.1 Å². The topological polar surface area (TPSA) is 44.3 Å². The Bertz CT molecular complexity index is 304. The predicted molar refractivity (Wildman–Crippen MR) is 66.4 cm³/mol. The number of benzene rings is 1. The zero-order valence-corrected chi connectivity index (χ0v) is 9.58. The summed E-state index contributed by atoms with van der Waals surface area (Å²) in [6.45, 7) is 3.45. The maximum absolute atomic E-state index is 8.93. The Kier molecular flexibility index (Phi) is 4.19. The maximum Gasteiger partial charge on any atom is 0.0681 e. The molecule has 3 N–H and O–H groups in total. The van der Waals surface area contributed by atoms with E-state index < -0.39 is 0 Å². The van der Waals surface area contributed by atoms with Crippen LogP contribution in [0.5, 0.6) is 0 Å². The van der Waals surface area contributed by atoms with E-state index >= 15 is 0 Å². The first-order valence-electron chi connectivity index (χ1n) is 6.03. The molecule has 16 heavy (non-hydrogen) atoms. The number of piperidine rings is 1. The predicted octanol–water partition coefficient (Wildman–Crippen LogP) is 1.59. The molecule has 1 aromatic rings. The zero-order valence-electron chi connectivity index (χ0n) is 9.58. The molecule has 1 saturated heterocycles. The van der Waals surface area contributed by atoms with Crippen molar-refractivity contribution in [3.8, 4) is 0 Å². The molecule has 0 spiro atoms. The molecular weight excluding hydrogens is 200 g/mol. The standard InChI is InChI=1S/C13H20N2O/c16-10-11-3-5-13(6-4-11)15-9-12-2-1-7-14-8-12/h3-6,12,14-16H,1-2,7-10H2.